The Labute approximate surface area is 1100 Å². The molecule has 0 amide bonds. The largest absolute Gasteiger partial charge is 0.481 e. The fourth-order valence-corrected chi connectivity index (χ4v) is 37.6. The van der Waals surface area contributed by atoms with E-state index in [1.54, 1.807) is 33.9 Å². The van der Waals surface area contributed by atoms with E-state index in [2.05, 4.69) is 475 Å². The summed E-state index contributed by atoms with van der Waals surface area (Å²) in [5.74, 6) is -3.28. The monoisotopic (exact) mass is 3990 g/mol. The van der Waals surface area contributed by atoms with Gasteiger partial charge in [0.2, 0.25) is 21.0 Å². The van der Waals surface area contributed by atoms with Gasteiger partial charge in [0.05, 0.1) is 62.2 Å². The maximum atomic E-state index is 14.5. The zero-order valence-electron chi connectivity index (χ0n) is 83.1. The molecule has 150 heavy (non-hydrogen) atoms. The van der Waals surface area contributed by atoms with Crippen LogP contribution in [-0.2, 0) is 101 Å². The standard InChI is InChI=1S/C16H18F2INO2.C15H13I2N.C14H16I3NO3S.C14H14I3NO2S.2C14H17I2NO3S.C12H12I3NO3S2.O3S/c1-9-16(2,7-5-3-4-6-12(21)22)13-11(20-9)8-10(17)15(19)14(13)18;1-8-15(2,3)14-11-6-9(16)7-12(17)10(11)4-5-13(14)18-8;1-8-14(2,5-3-4-6-22(19,20)21)11-10(18-8)7-9(15)12(16)13(11)17;1-8-18(6-4-2-3-5-11(19)20)10-7-9(15)12(16)13(17)14(10)21-8;2*1-9-14(2,5-3-4-6-21(18,19)20)13-11(16)7-10(15)8-12(13)17-9;1-7-16(4-2-3-5-21(17,18)19)9-6-8(13)10(14)11(15)12(9)20-7;1-4(2)3/h8H,3-7H2,1-2H3,(H,21,22);4-7H,1-3H3;7H,3-6H2,1-2H3,(H,19,20,21);7H,2-6H2,1H3;2*7-8H,3-6H2,1-2H3,(H,18,19,20);6H,2-5H2,1H3;/p+2. The summed E-state index contributed by atoms with van der Waals surface area (Å²) in [6, 6.07) is 25.2. The van der Waals surface area contributed by atoms with E-state index in [1.165, 1.54) is 129 Å². The molecule has 5 aliphatic rings. The molecule has 6 N–H and O–H groups in total. The highest BCUT2D eigenvalue weighted by Crippen LogP contribution is 2.53. The zero-order chi connectivity index (χ0) is 113. The summed E-state index contributed by atoms with van der Waals surface area (Å²) in [5.41, 5.74) is 17.0. The second kappa shape index (κ2) is 59.4. The van der Waals surface area contributed by atoms with Crippen LogP contribution in [0.1, 0.15) is 242 Å². The molecule has 0 fully saturated rings. The Morgan fingerprint density at radius 1 is 0.340 bits per heavy atom. The Balaban J connectivity index is 0.000000212. The number of benzene rings is 8. The molecule has 5 aliphatic heterocycles. The number of thiazole rings is 2. The van der Waals surface area contributed by atoms with Crippen molar-refractivity contribution >= 4 is 535 Å². The molecule has 820 valence electrons. The second-order valence-corrected chi connectivity index (χ2v) is 64.9. The third-order valence-electron chi connectivity index (χ3n) is 26.6. The van der Waals surface area contributed by atoms with Gasteiger partial charge >= 0.3 is 22.5 Å². The van der Waals surface area contributed by atoms with Crippen molar-refractivity contribution in [1.29, 1.82) is 0 Å². The summed E-state index contributed by atoms with van der Waals surface area (Å²) in [6.45, 7) is 29.0. The lowest BCUT2D eigenvalue weighted by molar-refractivity contribution is -0.673. The van der Waals surface area contributed by atoms with Crippen LogP contribution in [0.5, 0.6) is 0 Å². The van der Waals surface area contributed by atoms with Crippen LogP contribution in [0.3, 0.4) is 0 Å². The molecule has 10 aromatic rings. The predicted molar refractivity (Wildman–Crippen MR) is 736 cm³/mol. The van der Waals surface area contributed by atoms with Gasteiger partial charge in [0.1, 0.15) is 34.1 Å². The number of aryl methyl sites for hydroxylation is 4. The average molecular weight is 3990 g/mol. The summed E-state index contributed by atoms with van der Waals surface area (Å²) in [6.07, 6.45) is 13.4. The fourth-order valence-electron chi connectivity index (χ4n) is 18.1. The van der Waals surface area contributed by atoms with Gasteiger partial charge in [-0.15, -0.1) is 12.6 Å². The van der Waals surface area contributed by atoms with Gasteiger partial charge < -0.3 is 10.2 Å². The van der Waals surface area contributed by atoms with Gasteiger partial charge in [-0.05, 0) is 532 Å². The van der Waals surface area contributed by atoms with Crippen molar-refractivity contribution in [2.24, 2.45) is 25.0 Å². The lowest BCUT2D eigenvalue weighted by Gasteiger charge is -2.28. The minimum Gasteiger partial charge on any atom is -0.481 e. The number of carboxylic acids is 2. The first-order valence-electron chi connectivity index (χ1n) is 46.4. The minimum atomic E-state index is -3.87. The Morgan fingerprint density at radius 2 is 0.653 bits per heavy atom. The van der Waals surface area contributed by atoms with E-state index in [4.69, 9.17) is 61.0 Å². The molecule has 51 heteroatoms. The van der Waals surface area contributed by atoms with Crippen molar-refractivity contribution in [3.05, 3.63) is 179 Å². The van der Waals surface area contributed by atoms with Crippen LogP contribution in [0.4, 0.5) is 37.2 Å². The lowest BCUT2D eigenvalue weighted by atomic mass is 9.75. The number of unbranched alkanes of at least 4 members (excludes halogenated alkanes) is 8. The van der Waals surface area contributed by atoms with Crippen LogP contribution >= 0.6 is 384 Å². The molecule has 0 saturated carbocycles. The molecule has 26 nitrogen and oxygen atoms in total. The molecule has 0 aliphatic carbocycles. The first kappa shape index (κ1) is 137. The molecular weight excluding hydrogens is 3880 g/mol. The maximum absolute atomic E-state index is 14.5. The number of hydrogen-bond donors (Lipinski definition) is 6. The number of halogens is 18. The van der Waals surface area contributed by atoms with Gasteiger partial charge in [-0.1, -0.05) is 102 Å². The van der Waals surface area contributed by atoms with Crippen molar-refractivity contribution in [1.82, 2.24) is 0 Å². The predicted octanol–water partition coefficient (Wildman–Crippen LogP) is 31.9. The molecule has 15 rings (SSSR count). The van der Waals surface area contributed by atoms with Crippen LogP contribution in [0, 0.1) is 82.6 Å². The van der Waals surface area contributed by atoms with Crippen molar-refractivity contribution in [2.45, 2.75) is 259 Å². The number of hydrogen-bond acceptors (Lipinski definition) is 20. The molecule has 0 bridgehead atoms. The van der Waals surface area contributed by atoms with Crippen molar-refractivity contribution < 1.29 is 102 Å². The molecule has 0 radical (unpaired) electrons. The van der Waals surface area contributed by atoms with Gasteiger partial charge in [-0.25, -0.2) is 8.78 Å². The number of carbonyl (C=O) groups is 2. The topological polar surface area (TPSA) is 413 Å². The third kappa shape index (κ3) is 37.2. The number of rotatable bonds is 32. The number of nitrogens with zero attached hydrogens (tertiary/aromatic N) is 7. The van der Waals surface area contributed by atoms with Gasteiger partial charge in [0, 0.05) is 182 Å². The quantitative estimate of drug-likeness (QED) is 0.00749. The number of fused-ring (bicyclic) bond motifs is 9. The van der Waals surface area contributed by atoms with Crippen molar-refractivity contribution in [2.75, 3.05) is 23.0 Å². The maximum Gasteiger partial charge on any atom is 0.425 e. The Morgan fingerprint density at radius 3 is 1.04 bits per heavy atom. The van der Waals surface area contributed by atoms with Crippen LogP contribution in [0.15, 0.2) is 97.8 Å². The number of aliphatic imine (C=N–C) groups is 5. The summed E-state index contributed by atoms with van der Waals surface area (Å²) in [7, 11) is -18.5. The van der Waals surface area contributed by atoms with Crippen LogP contribution in [0.2, 0.25) is 0 Å². The average Bonchev–Trinajstić information content (AvgIpc) is 1.61. The Kier molecular flexibility index (Phi) is 54.2. The SMILES string of the molecule is CC1=Nc2cc(F)c(I)c(F)c2C1(C)CCCCCC(=O)O.CC1=Nc2cc(I)c(I)c(I)c2C1(C)CCCCS(=O)(=O)O.CC1=Nc2cc(I)cc(I)c2C1(C)CCCCS(=O)(=O)O.CC1=Nc2cc(I)cc(I)c2C1(C)CCCCS(=O)(=O)O.CC1=Nc2ccc3c(I)cc(I)cc3c2C1(C)C.Cc1sc2c(I)c(I)c(I)cc2[n+]1CCCCCC(=O)O.Cc1sc2c(I)c(I)c(I)cc2[n+]1CCCCS(=O)(=O)O.O=S(=O)=O. The zero-order valence-corrected chi connectivity index (χ0v) is 123. The van der Waals surface area contributed by atoms with E-state index in [0.717, 1.165) is 136 Å². The van der Waals surface area contributed by atoms with E-state index < -0.39 is 80.1 Å². The lowest BCUT2D eigenvalue weighted by Crippen LogP contribution is -2.35. The number of aliphatic carboxylic acids is 2. The minimum absolute atomic E-state index is 0.00153. The molecule has 2 aromatic heterocycles. The summed E-state index contributed by atoms with van der Waals surface area (Å²) in [5, 5.41) is 22.5. The normalized spacial score (nSPS) is 17.4. The molecule has 8 aromatic carbocycles. The smallest absolute Gasteiger partial charge is 0.425 e. The van der Waals surface area contributed by atoms with Gasteiger partial charge in [0.25, 0.3) is 40.5 Å². The first-order valence-corrected chi connectivity index (χ1v) is 72.7. The van der Waals surface area contributed by atoms with Gasteiger partial charge in [-0.2, -0.15) is 42.8 Å². The molecule has 4 unspecified atom stereocenters. The summed E-state index contributed by atoms with van der Waals surface area (Å²) < 4.78 is 201. The highest BCUT2D eigenvalue weighted by molar-refractivity contribution is 14.1. The molecular formula is C99H109F2I16N7O19S7+2. The van der Waals surface area contributed by atoms with E-state index in [0.29, 0.717) is 49.8 Å². The van der Waals surface area contributed by atoms with E-state index >= 15 is 0 Å². The van der Waals surface area contributed by atoms with Crippen LogP contribution < -0.4 is 9.13 Å². The molecule has 0 saturated heterocycles. The van der Waals surface area contributed by atoms with E-state index in [-0.39, 0.29) is 61.1 Å². The molecule has 0 spiro atoms. The summed E-state index contributed by atoms with van der Waals surface area (Å²) >= 11 is 40.8. The highest BCUT2D eigenvalue weighted by atomic mass is 127. The first-order chi connectivity index (χ1) is 69.4. The van der Waals surface area contributed by atoms with Gasteiger partial charge in [0.15, 0.2) is 0 Å². The number of aromatic nitrogens is 2. The summed E-state index contributed by atoms with van der Waals surface area (Å²) in [4.78, 5) is 44.2. The Bertz CT molecular complexity index is 7530. The Hall–Kier alpha value is 1.89. The van der Waals surface area contributed by atoms with Crippen molar-refractivity contribution in [3.8, 4) is 0 Å². The fraction of sp³-hybridized carbons (Fsp3) is 0.444. The molecule has 4 atom stereocenters. The van der Waals surface area contributed by atoms with Gasteiger partial charge in [-0.3, -0.25) is 52.8 Å². The second-order valence-electron chi connectivity index (χ2n) is 37.5. The third-order valence-corrected chi connectivity index (χ3v) is 53.7. The number of carboxylic acid groups (broad SMARTS) is 2. The van der Waals surface area contributed by atoms with Crippen LogP contribution in [0.25, 0.3) is 31.2 Å². The molecule has 7 heterocycles. The van der Waals surface area contributed by atoms with Crippen LogP contribution in [-0.4, -0.2) is 138 Å². The van der Waals surface area contributed by atoms with E-state index in [9.17, 15) is 52.0 Å². The van der Waals surface area contributed by atoms with Crippen molar-refractivity contribution in [3.63, 3.8) is 0 Å². The highest BCUT2D eigenvalue weighted by Gasteiger charge is 2.45. The van der Waals surface area contributed by atoms with E-state index in [1.807, 2.05) is 46.0 Å².